The summed E-state index contributed by atoms with van der Waals surface area (Å²) in [4.78, 5) is 4.06. The highest BCUT2D eigenvalue weighted by Gasteiger charge is 2.15. The molecule has 0 atom stereocenters. The SMILES string of the molecule is C/N=C/C1CCC(C)CC1. The zero-order chi connectivity index (χ0) is 7.40. The number of nitrogens with zero attached hydrogens (tertiary/aromatic N) is 1. The van der Waals surface area contributed by atoms with E-state index in [4.69, 9.17) is 0 Å². The summed E-state index contributed by atoms with van der Waals surface area (Å²) in [5, 5.41) is 0. The quantitative estimate of drug-likeness (QED) is 0.495. The highest BCUT2D eigenvalue weighted by Crippen LogP contribution is 2.26. The van der Waals surface area contributed by atoms with Crippen LogP contribution in [0.15, 0.2) is 4.99 Å². The lowest BCUT2D eigenvalue weighted by Crippen LogP contribution is -2.12. The molecule has 0 saturated heterocycles. The van der Waals surface area contributed by atoms with Crippen molar-refractivity contribution in [1.82, 2.24) is 0 Å². The molecule has 0 aromatic heterocycles. The zero-order valence-electron chi connectivity index (χ0n) is 7.01. The summed E-state index contributed by atoms with van der Waals surface area (Å²) in [5.74, 6) is 1.75. The molecule has 1 rings (SSSR count). The molecule has 0 N–H and O–H groups in total. The highest BCUT2D eigenvalue weighted by molar-refractivity contribution is 5.60. The molecule has 0 bridgehead atoms. The van der Waals surface area contributed by atoms with E-state index in [2.05, 4.69) is 18.1 Å². The van der Waals surface area contributed by atoms with Gasteiger partial charge in [0, 0.05) is 13.3 Å². The van der Waals surface area contributed by atoms with Gasteiger partial charge in [-0.1, -0.05) is 19.8 Å². The van der Waals surface area contributed by atoms with E-state index in [1.807, 2.05) is 7.05 Å². The average Bonchev–Trinajstić information content (AvgIpc) is 1.95. The number of hydrogen-bond donors (Lipinski definition) is 0. The molecule has 0 heterocycles. The van der Waals surface area contributed by atoms with Crippen molar-refractivity contribution in [3.63, 3.8) is 0 Å². The van der Waals surface area contributed by atoms with Crippen LogP contribution in [0.25, 0.3) is 0 Å². The third-order valence-corrected chi connectivity index (χ3v) is 2.42. The molecule has 0 aliphatic heterocycles. The second kappa shape index (κ2) is 3.75. The largest absolute Gasteiger partial charge is 0.301 e. The highest BCUT2D eigenvalue weighted by atomic mass is 14.6. The normalized spacial score (nSPS) is 35.0. The Kier molecular flexibility index (Phi) is 2.91. The Morgan fingerprint density at radius 1 is 1.20 bits per heavy atom. The first kappa shape index (κ1) is 7.77. The molecule has 0 unspecified atom stereocenters. The number of aliphatic imine (C=N–C) groups is 1. The van der Waals surface area contributed by atoms with E-state index < -0.39 is 0 Å². The third-order valence-electron chi connectivity index (χ3n) is 2.42. The molecule has 1 aliphatic carbocycles. The van der Waals surface area contributed by atoms with Crippen LogP contribution in [-0.2, 0) is 0 Å². The lowest BCUT2D eigenvalue weighted by atomic mass is 9.84. The van der Waals surface area contributed by atoms with Crippen molar-refractivity contribution in [1.29, 1.82) is 0 Å². The molecule has 1 saturated carbocycles. The van der Waals surface area contributed by atoms with Crippen LogP contribution >= 0.6 is 0 Å². The molecule has 0 amide bonds. The van der Waals surface area contributed by atoms with Gasteiger partial charge in [0.15, 0.2) is 0 Å². The van der Waals surface area contributed by atoms with Gasteiger partial charge in [-0.15, -0.1) is 0 Å². The van der Waals surface area contributed by atoms with Crippen LogP contribution < -0.4 is 0 Å². The average molecular weight is 139 g/mol. The summed E-state index contributed by atoms with van der Waals surface area (Å²) in [6.07, 6.45) is 7.64. The topological polar surface area (TPSA) is 12.4 Å². The van der Waals surface area contributed by atoms with Crippen molar-refractivity contribution < 1.29 is 0 Å². The van der Waals surface area contributed by atoms with E-state index in [1.165, 1.54) is 25.7 Å². The second-order valence-electron chi connectivity index (χ2n) is 3.43. The maximum absolute atomic E-state index is 4.06. The molecule has 10 heavy (non-hydrogen) atoms. The molecular formula is C9H17N. The minimum Gasteiger partial charge on any atom is -0.301 e. The molecule has 0 radical (unpaired) electrons. The van der Waals surface area contributed by atoms with Crippen molar-refractivity contribution in [2.75, 3.05) is 7.05 Å². The Labute approximate surface area is 63.5 Å². The Bertz CT molecular complexity index is 110. The van der Waals surface area contributed by atoms with Crippen molar-refractivity contribution in [2.45, 2.75) is 32.6 Å². The van der Waals surface area contributed by atoms with Gasteiger partial charge in [-0.25, -0.2) is 0 Å². The molecule has 1 nitrogen and oxygen atoms in total. The van der Waals surface area contributed by atoms with E-state index in [1.54, 1.807) is 0 Å². The third kappa shape index (κ3) is 2.13. The first-order valence-corrected chi connectivity index (χ1v) is 4.25. The fraction of sp³-hybridized carbons (Fsp3) is 0.889. The molecule has 1 heteroatoms. The minimum absolute atomic E-state index is 0.793. The second-order valence-corrected chi connectivity index (χ2v) is 3.43. The maximum atomic E-state index is 4.06. The summed E-state index contributed by atoms with van der Waals surface area (Å²) < 4.78 is 0. The van der Waals surface area contributed by atoms with Crippen molar-refractivity contribution in [3.05, 3.63) is 0 Å². The molecular weight excluding hydrogens is 122 g/mol. The van der Waals surface area contributed by atoms with Crippen LogP contribution in [0, 0.1) is 11.8 Å². The summed E-state index contributed by atoms with van der Waals surface area (Å²) in [7, 11) is 1.87. The van der Waals surface area contributed by atoms with Gasteiger partial charge in [0.1, 0.15) is 0 Å². The lowest BCUT2D eigenvalue weighted by molar-refractivity contribution is 0.347. The monoisotopic (exact) mass is 139 g/mol. The van der Waals surface area contributed by atoms with Crippen LogP contribution in [-0.4, -0.2) is 13.3 Å². The molecule has 0 spiro atoms. The fourth-order valence-corrected chi connectivity index (χ4v) is 1.65. The molecule has 58 valence electrons. The Morgan fingerprint density at radius 3 is 2.30 bits per heavy atom. The fourth-order valence-electron chi connectivity index (χ4n) is 1.65. The van der Waals surface area contributed by atoms with Gasteiger partial charge < -0.3 is 4.99 Å². The lowest BCUT2D eigenvalue weighted by Gasteiger charge is -2.22. The van der Waals surface area contributed by atoms with Gasteiger partial charge in [0.25, 0.3) is 0 Å². The van der Waals surface area contributed by atoms with Crippen molar-refractivity contribution in [3.8, 4) is 0 Å². The van der Waals surface area contributed by atoms with Crippen LogP contribution in [0.3, 0.4) is 0 Å². The van der Waals surface area contributed by atoms with Crippen LogP contribution in [0.1, 0.15) is 32.6 Å². The molecule has 1 aliphatic rings. The summed E-state index contributed by atoms with van der Waals surface area (Å²) in [6, 6.07) is 0. The van der Waals surface area contributed by atoms with Crippen LogP contribution in [0.2, 0.25) is 0 Å². The molecule has 1 fully saturated rings. The van der Waals surface area contributed by atoms with Gasteiger partial charge in [-0.2, -0.15) is 0 Å². The van der Waals surface area contributed by atoms with Crippen LogP contribution in [0.5, 0.6) is 0 Å². The maximum Gasteiger partial charge on any atom is 0.0273 e. The van der Waals surface area contributed by atoms with Crippen LogP contribution in [0.4, 0.5) is 0 Å². The van der Waals surface area contributed by atoms with E-state index in [0.717, 1.165) is 11.8 Å². The van der Waals surface area contributed by atoms with E-state index in [-0.39, 0.29) is 0 Å². The Hall–Kier alpha value is -0.330. The van der Waals surface area contributed by atoms with Gasteiger partial charge in [0.2, 0.25) is 0 Å². The van der Waals surface area contributed by atoms with Gasteiger partial charge in [-0.05, 0) is 24.7 Å². The van der Waals surface area contributed by atoms with E-state index in [0.29, 0.717) is 0 Å². The first-order valence-electron chi connectivity index (χ1n) is 4.25. The summed E-state index contributed by atoms with van der Waals surface area (Å²) in [6.45, 7) is 2.35. The van der Waals surface area contributed by atoms with Gasteiger partial charge >= 0.3 is 0 Å². The smallest absolute Gasteiger partial charge is 0.0273 e. The Morgan fingerprint density at radius 2 is 1.80 bits per heavy atom. The van der Waals surface area contributed by atoms with Crippen molar-refractivity contribution >= 4 is 6.21 Å². The van der Waals surface area contributed by atoms with Crippen molar-refractivity contribution in [2.24, 2.45) is 16.8 Å². The first-order chi connectivity index (χ1) is 4.83. The Balaban J connectivity index is 2.26. The van der Waals surface area contributed by atoms with Gasteiger partial charge in [0.05, 0.1) is 0 Å². The van der Waals surface area contributed by atoms with E-state index >= 15 is 0 Å². The number of rotatable bonds is 1. The predicted molar refractivity (Wildman–Crippen MR) is 45.5 cm³/mol. The standard InChI is InChI=1S/C9H17N/c1-8-3-5-9(6-4-8)7-10-2/h7-9H,3-6H2,1-2H3/b10-7+. The summed E-state index contributed by atoms with van der Waals surface area (Å²) >= 11 is 0. The zero-order valence-corrected chi connectivity index (χ0v) is 7.01. The predicted octanol–water partition coefficient (Wildman–Crippen LogP) is 2.51. The van der Waals surface area contributed by atoms with E-state index in [9.17, 15) is 0 Å². The van der Waals surface area contributed by atoms with Gasteiger partial charge in [-0.3, -0.25) is 0 Å². The molecule has 0 aromatic rings. The number of hydrogen-bond acceptors (Lipinski definition) is 1. The molecule has 0 aromatic carbocycles. The minimum atomic E-state index is 0.793. The summed E-state index contributed by atoms with van der Waals surface area (Å²) in [5.41, 5.74) is 0.